The molecule has 0 bridgehead atoms. The Morgan fingerprint density at radius 3 is 2.52 bits per heavy atom. The van der Waals surface area contributed by atoms with Gasteiger partial charge in [0.05, 0.1) is 11.3 Å². The van der Waals surface area contributed by atoms with Gasteiger partial charge in [0, 0.05) is 11.6 Å². The maximum Gasteiger partial charge on any atom is 0.307 e. The van der Waals surface area contributed by atoms with Crippen LogP contribution in [-0.2, 0) is 19.6 Å². The minimum Gasteiger partial charge on any atom is -0.490 e. The molecule has 0 heterocycles. The lowest BCUT2D eigenvalue weighted by Gasteiger charge is -2.09. The van der Waals surface area contributed by atoms with Crippen molar-refractivity contribution in [1.82, 2.24) is 4.72 Å². The van der Waals surface area contributed by atoms with E-state index in [1.807, 2.05) is 24.3 Å². The van der Waals surface area contributed by atoms with Gasteiger partial charge in [-0.25, -0.2) is 13.1 Å². The molecule has 0 saturated carbocycles. The van der Waals surface area contributed by atoms with Gasteiger partial charge in [-0.2, -0.15) is 0 Å². The molecule has 3 aromatic rings. The Bertz CT molecular complexity index is 1100. The molecule has 0 aliphatic carbocycles. The number of carbonyl (C=O) groups is 1. The van der Waals surface area contributed by atoms with Crippen LogP contribution in [0, 0.1) is 0 Å². The maximum absolute atomic E-state index is 12.4. The van der Waals surface area contributed by atoms with Crippen LogP contribution in [0.5, 0.6) is 5.75 Å². The Labute approximate surface area is 174 Å². The van der Waals surface area contributed by atoms with Gasteiger partial charge in [0.1, 0.15) is 19.0 Å². The number of rotatable bonds is 9. The summed E-state index contributed by atoms with van der Waals surface area (Å²) in [6.07, 6.45) is -0.0794. The molecule has 3 aromatic carbocycles. The Balaban J connectivity index is 1.41. The second-order valence-corrected chi connectivity index (χ2v) is 8.39. The third kappa shape index (κ3) is 6.19. The van der Waals surface area contributed by atoms with Crippen molar-refractivity contribution in [3.63, 3.8) is 0 Å². The lowest BCUT2D eigenvalue weighted by atomic mass is 10.1. The third-order valence-corrected chi connectivity index (χ3v) is 5.76. The highest BCUT2D eigenvalue weighted by Crippen LogP contribution is 2.19. The Kier molecular flexibility index (Phi) is 7.09. The van der Waals surface area contributed by atoms with Crippen LogP contribution < -0.4 is 9.46 Å². The molecule has 8 heteroatoms. The van der Waals surface area contributed by atoms with Crippen molar-refractivity contribution in [3.05, 3.63) is 71.8 Å². The zero-order chi connectivity index (χ0) is 20.7. The van der Waals surface area contributed by atoms with Gasteiger partial charge in [-0.15, -0.1) is 0 Å². The minimum atomic E-state index is -3.71. The summed E-state index contributed by atoms with van der Waals surface area (Å²) < 4.78 is 37.7. The van der Waals surface area contributed by atoms with E-state index in [0.29, 0.717) is 10.8 Å². The van der Waals surface area contributed by atoms with Crippen molar-refractivity contribution in [2.24, 2.45) is 0 Å². The molecule has 0 aliphatic rings. The van der Waals surface area contributed by atoms with Crippen LogP contribution in [0.4, 0.5) is 0 Å². The third-order valence-electron chi connectivity index (χ3n) is 4.06. The summed E-state index contributed by atoms with van der Waals surface area (Å²) in [5, 5.41) is 2.34. The molecule has 152 valence electrons. The second-order valence-electron chi connectivity index (χ2n) is 6.18. The van der Waals surface area contributed by atoms with Gasteiger partial charge in [0.15, 0.2) is 0 Å². The molecule has 0 saturated heterocycles. The van der Waals surface area contributed by atoms with E-state index in [1.54, 1.807) is 36.4 Å². The van der Waals surface area contributed by atoms with Crippen LogP contribution in [0.25, 0.3) is 10.8 Å². The number of carbonyl (C=O) groups excluding carboxylic acids is 1. The number of halogens is 1. The smallest absolute Gasteiger partial charge is 0.307 e. The maximum atomic E-state index is 12.4. The predicted octanol–water partition coefficient (Wildman–Crippen LogP) is 3.78. The van der Waals surface area contributed by atoms with E-state index in [9.17, 15) is 13.2 Å². The molecule has 0 aliphatic heterocycles. The number of nitrogens with one attached hydrogen (secondary N) is 1. The van der Waals surface area contributed by atoms with Gasteiger partial charge in [-0.3, -0.25) is 4.79 Å². The average molecular weight is 434 g/mol. The number of esters is 1. The molecule has 6 nitrogen and oxygen atoms in total. The molecule has 0 unspecified atom stereocenters. The average Bonchev–Trinajstić information content (AvgIpc) is 2.71. The van der Waals surface area contributed by atoms with Crippen LogP contribution in [-0.4, -0.2) is 34.1 Å². The summed E-state index contributed by atoms with van der Waals surface area (Å²) in [6, 6.07) is 19.3. The van der Waals surface area contributed by atoms with Crippen LogP contribution in [0.3, 0.4) is 0 Å². The zero-order valence-corrected chi connectivity index (χ0v) is 17.1. The molecule has 0 amide bonds. The number of fused-ring (bicyclic) bond motifs is 1. The van der Waals surface area contributed by atoms with Crippen LogP contribution in [0.2, 0.25) is 5.02 Å². The SMILES string of the molecule is O=C(CCNS(=O)(=O)c1ccc2ccccc2c1)OCCOc1cccc(Cl)c1. The summed E-state index contributed by atoms with van der Waals surface area (Å²) in [7, 11) is -3.71. The second kappa shape index (κ2) is 9.73. The lowest BCUT2D eigenvalue weighted by molar-refractivity contribution is -0.144. The lowest BCUT2D eigenvalue weighted by Crippen LogP contribution is -2.27. The number of ether oxygens (including phenoxy) is 2. The molecular formula is C21H20ClNO5S. The summed E-state index contributed by atoms with van der Waals surface area (Å²) >= 11 is 5.85. The minimum absolute atomic E-state index is 0.0524. The Morgan fingerprint density at radius 1 is 0.931 bits per heavy atom. The Morgan fingerprint density at radius 2 is 1.72 bits per heavy atom. The van der Waals surface area contributed by atoms with Crippen molar-refractivity contribution in [2.45, 2.75) is 11.3 Å². The molecular weight excluding hydrogens is 414 g/mol. The van der Waals surface area contributed by atoms with Gasteiger partial charge in [0.25, 0.3) is 0 Å². The number of benzene rings is 3. The van der Waals surface area contributed by atoms with Crippen molar-refractivity contribution in [1.29, 1.82) is 0 Å². The zero-order valence-electron chi connectivity index (χ0n) is 15.5. The van der Waals surface area contributed by atoms with E-state index in [4.69, 9.17) is 21.1 Å². The monoisotopic (exact) mass is 433 g/mol. The quantitative estimate of drug-likeness (QED) is 0.410. The molecule has 0 radical (unpaired) electrons. The Hall–Kier alpha value is -2.61. The fraction of sp³-hybridized carbons (Fsp3) is 0.190. The van der Waals surface area contributed by atoms with Gasteiger partial charge in [-0.05, 0) is 41.1 Å². The van der Waals surface area contributed by atoms with Gasteiger partial charge < -0.3 is 9.47 Å². The first-order valence-corrected chi connectivity index (χ1v) is 10.8. The molecule has 1 N–H and O–H groups in total. The van der Waals surface area contributed by atoms with Crippen LogP contribution >= 0.6 is 11.6 Å². The highest BCUT2D eigenvalue weighted by atomic mass is 35.5. The molecule has 29 heavy (non-hydrogen) atoms. The fourth-order valence-electron chi connectivity index (χ4n) is 2.65. The normalized spacial score (nSPS) is 11.3. The largest absolute Gasteiger partial charge is 0.490 e. The van der Waals surface area contributed by atoms with Gasteiger partial charge in [-0.1, -0.05) is 48.0 Å². The van der Waals surface area contributed by atoms with Crippen molar-refractivity contribution >= 4 is 38.4 Å². The summed E-state index contributed by atoms with van der Waals surface area (Å²) in [6.45, 7) is 0.181. The van der Waals surface area contributed by atoms with E-state index in [1.165, 1.54) is 6.07 Å². The van der Waals surface area contributed by atoms with Gasteiger partial charge in [0.2, 0.25) is 10.0 Å². The fourth-order valence-corrected chi connectivity index (χ4v) is 3.90. The van der Waals surface area contributed by atoms with Crippen molar-refractivity contribution in [2.75, 3.05) is 19.8 Å². The summed E-state index contributed by atoms with van der Waals surface area (Å²) in [5.41, 5.74) is 0. The number of sulfonamides is 1. The summed E-state index contributed by atoms with van der Waals surface area (Å²) in [4.78, 5) is 11.9. The highest BCUT2D eigenvalue weighted by molar-refractivity contribution is 7.89. The standard InChI is InChI=1S/C21H20ClNO5S/c22-18-6-3-7-19(15-18)27-12-13-28-21(24)10-11-23-29(25,26)20-9-8-16-4-1-2-5-17(16)14-20/h1-9,14-15,23H,10-13H2. The first kappa shape index (κ1) is 21.1. The highest BCUT2D eigenvalue weighted by Gasteiger charge is 2.15. The topological polar surface area (TPSA) is 81.7 Å². The van der Waals surface area contributed by atoms with E-state index in [0.717, 1.165) is 10.8 Å². The first-order chi connectivity index (χ1) is 13.9. The molecule has 0 aromatic heterocycles. The first-order valence-electron chi connectivity index (χ1n) is 8.96. The molecule has 0 fully saturated rings. The van der Waals surface area contributed by atoms with Crippen molar-refractivity contribution < 1.29 is 22.7 Å². The van der Waals surface area contributed by atoms with Crippen molar-refractivity contribution in [3.8, 4) is 5.75 Å². The van der Waals surface area contributed by atoms with E-state index in [-0.39, 0.29) is 31.1 Å². The van der Waals surface area contributed by atoms with Gasteiger partial charge >= 0.3 is 5.97 Å². The number of hydrogen-bond donors (Lipinski definition) is 1. The van der Waals surface area contributed by atoms with E-state index < -0.39 is 16.0 Å². The molecule has 0 spiro atoms. The molecule has 0 atom stereocenters. The van der Waals surface area contributed by atoms with E-state index in [2.05, 4.69) is 4.72 Å². The summed E-state index contributed by atoms with van der Waals surface area (Å²) in [5.74, 6) is 0.0672. The van der Waals surface area contributed by atoms with E-state index >= 15 is 0 Å². The predicted molar refractivity (Wildman–Crippen MR) is 112 cm³/mol. The van der Waals surface area contributed by atoms with Crippen LogP contribution in [0.1, 0.15) is 6.42 Å². The number of hydrogen-bond acceptors (Lipinski definition) is 5. The van der Waals surface area contributed by atoms with Crippen LogP contribution in [0.15, 0.2) is 71.6 Å². The molecule has 3 rings (SSSR count).